The highest BCUT2D eigenvalue weighted by molar-refractivity contribution is 6.16. The van der Waals surface area contributed by atoms with Crippen molar-refractivity contribution < 1.29 is 0 Å². The van der Waals surface area contributed by atoms with E-state index in [1.807, 2.05) is 26.0 Å². The Balaban J connectivity index is 0.000000396. The van der Waals surface area contributed by atoms with Crippen LogP contribution in [0.1, 0.15) is 19.5 Å². The van der Waals surface area contributed by atoms with Crippen molar-refractivity contribution in [1.82, 2.24) is 14.6 Å². The molecule has 0 bridgehead atoms. The Morgan fingerprint density at radius 3 is 2.85 bits per heavy atom. The first-order valence-electron chi connectivity index (χ1n) is 4.25. The van der Waals surface area contributed by atoms with E-state index in [1.165, 1.54) is 0 Å². The molecule has 2 rings (SSSR count). The maximum atomic E-state index is 5.60. The van der Waals surface area contributed by atoms with Gasteiger partial charge in [0.05, 0.1) is 11.6 Å². The molecule has 0 atom stereocenters. The lowest BCUT2D eigenvalue weighted by Crippen LogP contribution is -1.93. The molecule has 0 aliphatic carbocycles. The Hall–Kier alpha value is -1.09. The molecular weight excluding hydrogens is 186 g/mol. The van der Waals surface area contributed by atoms with Gasteiger partial charge in [-0.25, -0.2) is 9.50 Å². The lowest BCUT2D eigenvalue weighted by Gasteiger charge is -1.94. The molecule has 0 aliphatic rings. The molecule has 0 fully saturated rings. The number of nitrogens with zero attached hydrogens (tertiary/aromatic N) is 3. The van der Waals surface area contributed by atoms with Crippen LogP contribution in [0.15, 0.2) is 24.5 Å². The number of imidazole rings is 1. The summed E-state index contributed by atoms with van der Waals surface area (Å²) in [7, 11) is 0. The molecular formula is C9H12ClN3. The van der Waals surface area contributed by atoms with Crippen LogP contribution in [0.3, 0.4) is 0 Å². The topological polar surface area (TPSA) is 30.2 Å². The Labute approximate surface area is 82.4 Å². The Morgan fingerprint density at radius 1 is 1.38 bits per heavy atom. The second kappa shape index (κ2) is 4.82. The average Bonchev–Trinajstić information content (AvgIpc) is 2.67. The molecule has 4 heteroatoms. The summed E-state index contributed by atoms with van der Waals surface area (Å²) in [5.41, 5.74) is 1.70. The number of halogens is 1. The molecule has 2 aromatic rings. The smallest absolute Gasteiger partial charge is 0.153 e. The summed E-state index contributed by atoms with van der Waals surface area (Å²) < 4.78 is 1.71. The van der Waals surface area contributed by atoms with Crippen LogP contribution in [0.2, 0.25) is 0 Å². The van der Waals surface area contributed by atoms with E-state index in [-0.39, 0.29) is 0 Å². The second-order valence-corrected chi connectivity index (χ2v) is 2.46. The molecule has 0 unspecified atom stereocenters. The van der Waals surface area contributed by atoms with Crippen molar-refractivity contribution in [3.63, 3.8) is 0 Å². The van der Waals surface area contributed by atoms with Crippen molar-refractivity contribution in [2.45, 2.75) is 19.7 Å². The maximum Gasteiger partial charge on any atom is 0.153 e. The van der Waals surface area contributed by atoms with Gasteiger partial charge in [-0.3, -0.25) is 0 Å². The highest BCUT2D eigenvalue weighted by Gasteiger charge is 1.95. The zero-order chi connectivity index (χ0) is 9.68. The van der Waals surface area contributed by atoms with Crippen molar-refractivity contribution >= 4 is 17.2 Å². The number of hydrogen-bond acceptors (Lipinski definition) is 2. The van der Waals surface area contributed by atoms with Gasteiger partial charge >= 0.3 is 0 Å². The van der Waals surface area contributed by atoms with Gasteiger partial charge in [-0.15, -0.1) is 11.6 Å². The molecule has 0 amide bonds. The minimum Gasteiger partial charge on any atom is -0.236 e. The number of alkyl halides is 1. The molecule has 0 N–H and O–H groups in total. The fourth-order valence-corrected chi connectivity index (χ4v) is 1.07. The first kappa shape index (κ1) is 9.99. The van der Waals surface area contributed by atoms with Crippen molar-refractivity contribution in [3.8, 4) is 0 Å². The van der Waals surface area contributed by atoms with Crippen LogP contribution < -0.4 is 0 Å². The Bertz CT molecular complexity index is 370. The third-order valence-corrected chi connectivity index (χ3v) is 1.72. The van der Waals surface area contributed by atoms with Crippen LogP contribution in [-0.4, -0.2) is 14.6 Å². The molecule has 0 aliphatic heterocycles. The van der Waals surface area contributed by atoms with Crippen LogP contribution in [0, 0.1) is 0 Å². The lowest BCUT2D eigenvalue weighted by atomic mass is 10.4. The highest BCUT2D eigenvalue weighted by Crippen LogP contribution is 2.02. The lowest BCUT2D eigenvalue weighted by molar-refractivity contribution is 0.893. The summed E-state index contributed by atoms with van der Waals surface area (Å²) in [6.07, 6.45) is 3.51. The summed E-state index contributed by atoms with van der Waals surface area (Å²) in [6.45, 7) is 4.00. The van der Waals surface area contributed by atoms with Gasteiger partial charge in [0.2, 0.25) is 0 Å². The van der Waals surface area contributed by atoms with Gasteiger partial charge in [0.25, 0.3) is 0 Å². The quantitative estimate of drug-likeness (QED) is 0.658. The second-order valence-electron chi connectivity index (χ2n) is 2.19. The summed E-state index contributed by atoms with van der Waals surface area (Å²) >= 11 is 5.60. The number of rotatable bonds is 1. The van der Waals surface area contributed by atoms with E-state index >= 15 is 0 Å². The van der Waals surface area contributed by atoms with Crippen molar-refractivity contribution in [3.05, 3.63) is 30.2 Å². The normalized spacial score (nSPS) is 9.46. The van der Waals surface area contributed by atoms with Crippen molar-refractivity contribution in [2.75, 3.05) is 0 Å². The molecule has 13 heavy (non-hydrogen) atoms. The van der Waals surface area contributed by atoms with Gasteiger partial charge < -0.3 is 0 Å². The van der Waals surface area contributed by atoms with E-state index in [1.54, 1.807) is 16.9 Å². The number of hydrogen-bond donors (Lipinski definition) is 0. The van der Waals surface area contributed by atoms with E-state index in [0.717, 1.165) is 11.3 Å². The van der Waals surface area contributed by atoms with E-state index in [2.05, 4.69) is 10.1 Å². The van der Waals surface area contributed by atoms with E-state index in [4.69, 9.17) is 11.6 Å². The molecule has 0 aromatic carbocycles. The Kier molecular flexibility index (Phi) is 3.71. The minimum absolute atomic E-state index is 0.439. The third kappa shape index (κ3) is 2.18. The van der Waals surface area contributed by atoms with E-state index in [0.29, 0.717) is 5.88 Å². The molecule has 0 saturated carbocycles. The molecule has 2 heterocycles. The van der Waals surface area contributed by atoms with Crippen molar-refractivity contribution in [1.29, 1.82) is 0 Å². The molecule has 0 radical (unpaired) electrons. The molecule has 3 nitrogen and oxygen atoms in total. The van der Waals surface area contributed by atoms with Gasteiger partial charge in [-0.2, -0.15) is 5.10 Å². The first-order valence-corrected chi connectivity index (χ1v) is 4.79. The molecule has 0 spiro atoms. The van der Waals surface area contributed by atoms with Crippen LogP contribution in [0.5, 0.6) is 0 Å². The van der Waals surface area contributed by atoms with Gasteiger partial charge in [-0.05, 0) is 12.1 Å². The summed E-state index contributed by atoms with van der Waals surface area (Å²) in [5.74, 6) is 0.439. The Morgan fingerprint density at radius 2 is 2.15 bits per heavy atom. The van der Waals surface area contributed by atoms with Gasteiger partial charge in [0.1, 0.15) is 0 Å². The van der Waals surface area contributed by atoms with E-state index in [9.17, 15) is 0 Å². The molecule has 2 aromatic heterocycles. The van der Waals surface area contributed by atoms with Crippen LogP contribution in [-0.2, 0) is 5.88 Å². The summed E-state index contributed by atoms with van der Waals surface area (Å²) in [4.78, 5) is 4.05. The number of aromatic nitrogens is 3. The van der Waals surface area contributed by atoms with Crippen LogP contribution in [0.4, 0.5) is 0 Å². The monoisotopic (exact) mass is 197 g/mol. The van der Waals surface area contributed by atoms with E-state index < -0.39 is 0 Å². The van der Waals surface area contributed by atoms with Gasteiger partial charge in [-0.1, -0.05) is 13.8 Å². The average molecular weight is 198 g/mol. The summed E-state index contributed by atoms with van der Waals surface area (Å²) in [5, 5.41) is 4.18. The predicted octanol–water partition coefficient (Wildman–Crippen LogP) is 2.49. The van der Waals surface area contributed by atoms with Crippen LogP contribution >= 0.6 is 11.6 Å². The summed E-state index contributed by atoms with van der Waals surface area (Å²) in [6, 6.07) is 3.76. The molecule has 0 saturated heterocycles. The van der Waals surface area contributed by atoms with Gasteiger partial charge in [0.15, 0.2) is 5.65 Å². The fourth-order valence-electron chi connectivity index (χ4n) is 0.926. The minimum atomic E-state index is 0.439. The van der Waals surface area contributed by atoms with Crippen LogP contribution in [0.25, 0.3) is 5.65 Å². The third-order valence-electron chi connectivity index (χ3n) is 1.45. The molecule has 70 valence electrons. The zero-order valence-corrected chi connectivity index (χ0v) is 8.49. The first-order chi connectivity index (χ1) is 6.40. The largest absolute Gasteiger partial charge is 0.236 e. The standard InChI is InChI=1S/C7H6ClN3.C2H6/c8-5-6-1-2-7-9-3-4-11(7)10-6;1-2/h1-4H,5H2;1-2H3. The number of fused-ring (bicyclic) bond motifs is 1. The SMILES string of the molecule is CC.ClCc1ccc2nccn2n1. The highest BCUT2D eigenvalue weighted by atomic mass is 35.5. The zero-order valence-electron chi connectivity index (χ0n) is 7.74. The predicted molar refractivity (Wildman–Crippen MR) is 53.9 cm³/mol. The van der Waals surface area contributed by atoms with Crippen molar-refractivity contribution in [2.24, 2.45) is 0 Å². The van der Waals surface area contributed by atoms with Gasteiger partial charge in [0, 0.05) is 12.4 Å². The fraction of sp³-hybridized carbons (Fsp3) is 0.333. The maximum absolute atomic E-state index is 5.60.